The number of nitrogens with zero attached hydrogens (tertiary/aromatic N) is 1. The second-order valence-corrected chi connectivity index (χ2v) is 8.05. The number of nitrogens with one attached hydrogen (secondary N) is 3. The largest absolute Gasteiger partial charge is 0.384 e. The van der Waals surface area contributed by atoms with E-state index < -0.39 is 0 Å². The molecule has 1 saturated heterocycles. The van der Waals surface area contributed by atoms with Crippen molar-refractivity contribution in [1.82, 2.24) is 15.8 Å². The fourth-order valence-corrected chi connectivity index (χ4v) is 3.62. The smallest absolute Gasteiger partial charge is 0.238 e. The Hall–Kier alpha value is -1.58. The first kappa shape index (κ1) is 20.7. The standard InChI is InChI=1S/C17H28N4O4S/c1-12-8-14(21-25-12)20-16(23)13(2)26-9-15(22)19-10-17(11-24-3)4-6-18-7-5-17/h8,13,18H,4-7,9-11H2,1-3H3,(H,19,22)(H,20,21,23). The minimum atomic E-state index is -0.371. The molecule has 2 heterocycles. The van der Waals surface area contributed by atoms with Gasteiger partial charge in [-0.15, -0.1) is 11.8 Å². The van der Waals surface area contributed by atoms with Gasteiger partial charge in [-0.25, -0.2) is 0 Å². The number of ether oxygens (including phenoxy) is 1. The monoisotopic (exact) mass is 384 g/mol. The maximum atomic E-state index is 12.2. The molecule has 1 atom stereocenters. The highest BCUT2D eigenvalue weighted by Gasteiger charge is 2.32. The Morgan fingerprint density at radius 2 is 2.19 bits per heavy atom. The van der Waals surface area contributed by atoms with Crippen LogP contribution >= 0.6 is 11.8 Å². The fraction of sp³-hybridized carbons (Fsp3) is 0.706. The summed E-state index contributed by atoms with van der Waals surface area (Å²) in [6.45, 7) is 6.63. The van der Waals surface area contributed by atoms with Crippen molar-refractivity contribution in [2.75, 3.05) is 44.4 Å². The zero-order valence-corrected chi connectivity index (χ0v) is 16.4. The summed E-state index contributed by atoms with van der Waals surface area (Å²) in [4.78, 5) is 24.3. The van der Waals surface area contributed by atoms with Crippen LogP contribution in [0, 0.1) is 12.3 Å². The predicted molar refractivity (Wildman–Crippen MR) is 101 cm³/mol. The van der Waals surface area contributed by atoms with Crippen molar-refractivity contribution >= 4 is 29.4 Å². The number of amides is 2. The van der Waals surface area contributed by atoms with E-state index >= 15 is 0 Å². The Labute approximate surface area is 158 Å². The van der Waals surface area contributed by atoms with Crippen molar-refractivity contribution in [3.05, 3.63) is 11.8 Å². The van der Waals surface area contributed by atoms with E-state index in [0.717, 1.165) is 25.9 Å². The molecule has 1 fully saturated rings. The molecule has 1 unspecified atom stereocenters. The second kappa shape index (κ2) is 9.94. The number of thioether (sulfide) groups is 1. The molecule has 9 heteroatoms. The molecule has 0 bridgehead atoms. The molecule has 0 aromatic carbocycles. The van der Waals surface area contributed by atoms with Gasteiger partial charge in [0.2, 0.25) is 11.8 Å². The van der Waals surface area contributed by atoms with Crippen LogP contribution in [-0.2, 0) is 14.3 Å². The van der Waals surface area contributed by atoms with E-state index in [4.69, 9.17) is 9.26 Å². The number of rotatable bonds is 9. The number of piperidine rings is 1. The number of aromatic nitrogens is 1. The minimum absolute atomic E-state index is 0.00582. The molecule has 1 aliphatic heterocycles. The normalized spacial score (nSPS) is 17.5. The third kappa shape index (κ3) is 6.30. The van der Waals surface area contributed by atoms with Crippen LogP contribution in [0.1, 0.15) is 25.5 Å². The Morgan fingerprint density at radius 1 is 1.46 bits per heavy atom. The van der Waals surface area contributed by atoms with Crippen molar-refractivity contribution in [2.24, 2.45) is 5.41 Å². The molecule has 2 amide bonds. The minimum Gasteiger partial charge on any atom is -0.384 e. The Morgan fingerprint density at radius 3 is 2.81 bits per heavy atom. The number of hydrogen-bond acceptors (Lipinski definition) is 7. The van der Waals surface area contributed by atoms with E-state index in [-0.39, 0.29) is 28.2 Å². The summed E-state index contributed by atoms with van der Waals surface area (Å²) in [6, 6.07) is 1.65. The van der Waals surface area contributed by atoms with Crippen LogP contribution in [-0.4, -0.2) is 61.3 Å². The molecular formula is C17H28N4O4S. The summed E-state index contributed by atoms with van der Waals surface area (Å²) in [5.41, 5.74) is -0.00582. The molecule has 0 spiro atoms. The third-order valence-corrected chi connectivity index (χ3v) is 5.63. The van der Waals surface area contributed by atoms with Crippen LogP contribution in [0.2, 0.25) is 0 Å². The van der Waals surface area contributed by atoms with Crippen LogP contribution in [0.5, 0.6) is 0 Å². The number of anilines is 1. The molecule has 1 aliphatic rings. The molecule has 2 rings (SSSR count). The average molecular weight is 385 g/mol. The van der Waals surface area contributed by atoms with E-state index in [9.17, 15) is 9.59 Å². The van der Waals surface area contributed by atoms with Gasteiger partial charge in [0, 0.05) is 25.1 Å². The van der Waals surface area contributed by atoms with Crippen molar-refractivity contribution in [3.8, 4) is 0 Å². The van der Waals surface area contributed by atoms with E-state index in [1.165, 1.54) is 11.8 Å². The van der Waals surface area contributed by atoms with Crippen molar-refractivity contribution < 1.29 is 18.8 Å². The van der Waals surface area contributed by atoms with Gasteiger partial charge in [-0.2, -0.15) is 0 Å². The second-order valence-electron chi connectivity index (χ2n) is 6.73. The van der Waals surface area contributed by atoms with E-state index in [0.29, 0.717) is 24.7 Å². The summed E-state index contributed by atoms with van der Waals surface area (Å²) >= 11 is 1.29. The summed E-state index contributed by atoms with van der Waals surface area (Å²) in [5.74, 6) is 0.972. The Balaban J connectivity index is 1.72. The number of hydrogen-bond donors (Lipinski definition) is 3. The molecule has 0 aliphatic carbocycles. The topological polar surface area (TPSA) is 105 Å². The number of methoxy groups -OCH3 is 1. The van der Waals surface area contributed by atoms with Crippen molar-refractivity contribution in [2.45, 2.75) is 31.9 Å². The number of aryl methyl sites for hydroxylation is 1. The molecular weight excluding hydrogens is 356 g/mol. The van der Waals surface area contributed by atoms with Crippen molar-refractivity contribution in [1.29, 1.82) is 0 Å². The van der Waals surface area contributed by atoms with E-state index in [2.05, 4.69) is 21.1 Å². The highest BCUT2D eigenvalue weighted by Crippen LogP contribution is 2.28. The van der Waals surface area contributed by atoms with Crippen LogP contribution in [0.25, 0.3) is 0 Å². The summed E-state index contributed by atoms with van der Waals surface area (Å²) in [5, 5.41) is 12.4. The van der Waals surface area contributed by atoms with Crippen LogP contribution in [0.15, 0.2) is 10.6 Å². The van der Waals surface area contributed by atoms with Gasteiger partial charge in [-0.1, -0.05) is 5.16 Å². The lowest BCUT2D eigenvalue weighted by molar-refractivity contribution is -0.119. The summed E-state index contributed by atoms with van der Waals surface area (Å²) < 4.78 is 10.3. The van der Waals surface area contributed by atoms with E-state index in [1.807, 2.05) is 0 Å². The lowest BCUT2D eigenvalue weighted by atomic mass is 9.79. The predicted octanol–water partition coefficient (Wildman–Crippen LogP) is 1.18. The van der Waals surface area contributed by atoms with Gasteiger partial charge in [-0.05, 0) is 39.8 Å². The molecule has 0 radical (unpaired) electrons. The highest BCUT2D eigenvalue weighted by atomic mass is 32.2. The fourth-order valence-electron chi connectivity index (χ4n) is 2.90. The van der Waals surface area contributed by atoms with Gasteiger partial charge < -0.3 is 25.2 Å². The average Bonchev–Trinajstić information content (AvgIpc) is 3.03. The van der Waals surface area contributed by atoms with Gasteiger partial charge in [0.1, 0.15) is 5.76 Å². The first-order valence-corrected chi connectivity index (χ1v) is 9.81. The van der Waals surface area contributed by atoms with Gasteiger partial charge >= 0.3 is 0 Å². The molecule has 1 aromatic heterocycles. The molecule has 8 nitrogen and oxygen atoms in total. The molecule has 26 heavy (non-hydrogen) atoms. The van der Waals surface area contributed by atoms with Crippen LogP contribution in [0.4, 0.5) is 5.82 Å². The SMILES string of the molecule is COCC1(CNC(=O)CSC(C)C(=O)Nc2cc(C)on2)CCNCC1. The zero-order chi connectivity index (χ0) is 19.0. The Bertz CT molecular complexity index is 596. The van der Waals surface area contributed by atoms with Crippen LogP contribution in [0.3, 0.4) is 0 Å². The van der Waals surface area contributed by atoms with Crippen LogP contribution < -0.4 is 16.0 Å². The van der Waals surface area contributed by atoms with E-state index in [1.54, 1.807) is 27.0 Å². The first-order chi connectivity index (χ1) is 12.4. The molecule has 146 valence electrons. The third-order valence-electron chi connectivity index (χ3n) is 4.49. The molecule has 3 N–H and O–H groups in total. The number of carbonyl (C=O) groups excluding carboxylic acids is 2. The lowest BCUT2D eigenvalue weighted by Crippen LogP contribution is -2.47. The summed E-state index contributed by atoms with van der Waals surface area (Å²) in [6.07, 6.45) is 1.95. The Kier molecular flexibility index (Phi) is 7.92. The maximum absolute atomic E-state index is 12.2. The zero-order valence-electron chi connectivity index (χ0n) is 15.6. The first-order valence-electron chi connectivity index (χ1n) is 8.76. The molecule has 0 saturated carbocycles. The van der Waals surface area contributed by atoms with Gasteiger partial charge in [0.15, 0.2) is 5.82 Å². The number of carbonyl (C=O) groups is 2. The lowest BCUT2D eigenvalue weighted by Gasteiger charge is -2.37. The summed E-state index contributed by atoms with van der Waals surface area (Å²) in [7, 11) is 1.69. The maximum Gasteiger partial charge on any atom is 0.238 e. The quantitative estimate of drug-likeness (QED) is 0.587. The van der Waals surface area contributed by atoms with Gasteiger partial charge in [0.05, 0.1) is 17.6 Å². The van der Waals surface area contributed by atoms with Crippen molar-refractivity contribution in [3.63, 3.8) is 0 Å². The van der Waals surface area contributed by atoms with Gasteiger partial charge in [-0.3, -0.25) is 9.59 Å². The van der Waals surface area contributed by atoms with Gasteiger partial charge in [0.25, 0.3) is 0 Å². The highest BCUT2D eigenvalue weighted by molar-refractivity contribution is 8.01. The molecule has 1 aromatic rings.